The van der Waals surface area contributed by atoms with Gasteiger partial charge in [0, 0.05) is 16.9 Å². The topological polar surface area (TPSA) is 66.5 Å². The standard InChI is InChI=1S/C19H18N2O3S/c1-13(22)15-9-5-6-10-16(15)20-18(23)17-11-25-12-21(17)19(24)14-7-3-2-4-8-14/h2-10,17H,11-12H2,1H3,(H,20,23)/t17-/m0/s1. The zero-order valence-corrected chi connectivity index (χ0v) is 14.6. The highest BCUT2D eigenvalue weighted by molar-refractivity contribution is 7.99. The number of carbonyl (C=O) groups excluding carboxylic acids is 3. The van der Waals surface area contributed by atoms with Gasteiger partial charge in [0.1, 0.15) is 6.04 Å². The van der Waals surface area contributed by atoms with Gasteiger partial charge in [-0.05, 0) is 31.2 Å². The predicted molar refractivity (Wildman–Crippen MR) is 98.8 cm³/mol. The summed E-state index contributed by atoms with van der Waals surface area (Å²) in [7, 11) is 0. The molecule has 1 N–H and O–H groups in total. The molecule has 1 heterocycles. The molecule has 0 aliphatic carbocycles. The number of hydrogen-bond donors (Lipinski definition) is 1. The van der Waals surface area contributed by atoms with Crippen LogP contribution in [0.1, 0.15) is 27.6 Å². The average Bonchev–Trinajstić information content (AvgIpc) is 3.12. The number of ketones is 1. The molecule has 5 nitrogen and oxygen atoms in total. The number of para-hydroxylation sites is 1. The number of carbonyl (C=O) groups is 3. The van der Waals surface area contributed by atoms with E-state index in [0.717, 1.165) is 0 Å². The molecule has 25 heavy (non-hydrogen) atoms. The lowest BCUT2D eigenvalue weighted by Crippen LogP contribution is -2.44. The Kier molecular flexibility index (Phi) is 5.19. The third-order valence-corrected chi connectivity index (χ3v) is 5.04. The molecule has 128 valence electrons. The molecule has 1 saturated heterocycles. The van der Waals surface area contributed by atoms with Gasteiger partial charge < -0.3 is 10.2 Å². The first kappa shape index (κ1) is 17.2. The summed E-state index contributed by atoms with van der Waals surface area (Å²) >= 11 is 1.54. The van der Waals surface area contributed by atoms with Crippen LogP contribution in [-0.2, 0) is 4.79 Å². The maximum atomic E-state index is 12.7. The quantitative estimate of drug-likeness (QED) is 0.857. The third kappa shape index (κ3) is 3.74. The molecule has 2 amide bonds. The van der Waals surface area contributed by atoms with E-state index in [-0.39, 0.29) is 17.6 Å². The predicted octanol–water partition coefficient (Wildman–Crippen LogP) is 3.04. The van der Waals surface area contributed by atoms with Gasteiger partial charge in [-0.1, -0.05) is 30.3 Å². The monoisotopic (exact) mass is 354 g/mol. The van der Waals surface area contributed by atoms with E-state index in [0.29, 0.717) is 28.4 Å². The minimum absolute atomic E-state index is 0.117. The van der Waals surface area contributed by atoms with E-state index in [1.54, 1.807) is 53.4 Å². The van der Waals surface area contributed by atoms with E-state index < -0.39 is 6.04 Å². The highest BCUT2D eigenvalue weighted by Crippen LogP contribution is 2.25. The molecule has 0 radical (unpaired) electrons. The summed E-state index contributed by atoms with van der Waals surface area (Å²) in [4.78, 5) is 38.7. The summed E-state index contributed by atoms with van der Waals surface area (Å²) < 4.78 is 0. The number of anilines is 1. The smallest absolute Gasteiger partial charge is 0.255 e. The molecule has 2 aromatic rings. The fourth-order valence-electron chi connectivity index (χ4n) is 2.72. The molecule has 0 unspecified atom stereocenters. The van der Waals surface area contributed by atoms with Crippen molar-refractivity contribution in [1.82, 2.24) is 4.90 Å². The zero-order chi connectivity index (χ0) is 17.8. The molecule has 1 aliphatic heterocycles. The molecule has 6 heteroatoms. The number of benzene rings is 2. The van der Waals surface area contributed by atoms with Crippen LogP contribution in [0.5, 0.6) is 0 Å². The molecule has 1 atom stereocenters. The fraction of sp³-hybridized carbons (Fsp3) is 0.211. The van der Waals surface area contributed by atoms with E-state index in [1.165, 1.54) is 18.7 Å². The van der Waals surface area contributed by atoms with Crippen LogP contribution in [0.4, 0.5) is 5.69 Å². The lowest BCUT2D eigenvalue weighted by atomic mass is 10.1. The maximum Gasteiger partial charge on any atom is 0.255 e. The second kappa shape index (κ2) is 7.53. The molecule has 0 spiro atoms. The van der Waals surface area contributed by atoms with Crippen molar-refractivity contribution in [2.24, 2.45) is 0 Å². The Labute approximate surface area is 150 Å². The van der Waals surface area contributed by atoms with Crippen molar-refractivity contribution in [3.05, 3.63) is 65.7 Å². The summed E-state index contributed by atoms with van der Waals surface area (Å²) in [5.41, 5.74) is 1.50. The van der Waals surface area contributed by atoms with Crippen molar-refractivity contribution in [2.75, 3.05) is 16.9 Å². The van der Waals surface area contributed by atoms with Crippen LogP contribution >= 0.6 is 11.8 Å². The average molecular weight is 354 g/mol. The molecule has 3 rings (SSSR count). The van der Waals surface area contributed by atoms with Gasteiger partial charge in [0.2, 0.25) is 5.91 Å². The minimum Gasteiger partial charge on any atom is -0.324 e. The van der Waals surface area contributed by atoms with E-state index >= 15 is 0 Å². The lowest BCUT2D eigenvalue weighted by molar-refractivity contribution is -0.119. The molecule has 1 aliphatic rings. The molecule has 1 fully saturated rings. The summed E-state index contributed by atoms with van der Waals surface area (Å²) in [6, 6.07) is 15.3. The Morgan fingerprint density at radius 1 is 1.04 bits per heavy atom. The highest BCUT2D eigenvalue weighted by Gasteiger charge is 2.35. The van der Waals surface area contributed by atoms with Crippen LogP contribution in [0.3, 0.4) is 0 Å². The van der Waals surface area contributed by atoms with Crippen LogP contribution in [0, 0.1) is 0 Å². The van der Waals surface area contributed by atoms with Crippen molar-refractivity contribution in [3.8, 4) is 0 Å². The number of hydrogen-bond acceptors (Lipinski definition) is 4. The molecular formula is C19H18N2O3S. The Morgan fingerprint density at radius 3 is 2.44 bits per heavy atom. The molecule has 0 aromatic heterocycles. The van der Waals surface area contributed by atoms with Gasteiger partial charge in [-0.2, -0.15) is 0 Å². The number of nitrogens with one attached hydrogen (secondary N) is 1. The van der Waals surface area contributed by atoms with Crippen molar-refractivity contribution >= 4 is 35.0 Å². The van der Waals surface area contributed by atoms with Gasteiger partial charge in [0.05, 0.1) is 11.6 Å². The van der Waals surface area contributed by atoms with Crippen molar-refractivity contribution in [1.29, 1.82) is 0 Å². The second-order valence-electron chi connectivity index (χ2n) is 5.75. The fourth-order valence-corrected chi connectivity index (χ4v) is 3.88. The Balaban J connectivity index is 1.78. The van der Waals surface area contributed by atoms with Crippen LogP contribution in [-0.4, -0.2) is 40.2 Å². The minimum atomic E-state index is -0.558. The number of Topliss-reactive ketones (excluding diaryl/α,β-unsaturated/α-hetero) is 1. The number of thioether (sulfide) groups is 1. The van der Waals surface area contributed by atoms with E-state index in [1.807, 2.05) is 6.07 Å². The Hall–Kier alpha value is -2.60. The largest absolute Gasteiger partial charge is 0.324 e. The SMILES string of the molecule is CC(=O)c1ccccc1NC(=O)[C@@H]1CSCN1C(=O)c1ccccc1. The van der Waals surface area contributed by atoms with Crippen LogP contribution < -0.4 is 5.32 Å². The Morgan fingerprint density at radius 2 is 1.72 bits per heavy atom. The zero-order valence-electron chi connectivity index (χ0n) is 13.8. The Bertz CT molecular complexity index is 807. The van der Waals surface area contributed by atoms with Gasteiger partial charge >= 0.3 is 0 Å². The lowest BCUT2D eigenvalue weighted by Gasteiger charge is -2.23. The first-order valence-corrected chi connectivity index (χ1v) is 9.08. The highest BCUT2D eigenvalue weighted by atomic mass is 32.2. The van der Waals surface area contributed by atoms with Crippen LogP contribution in [0.25, 0.3) is 0 Å². The molecular weight excluding hydrogens is 336 g/mol. The van der Waals surface area contributed by atoms with Gasteiger partial charge in [0.25, 0.3) is 5.91 Å². The van der Waals surface area contributed by atoms with Gasteiger partial charge in [-0.15, -0.1) is 11.8 Å². The van der Waals surface area contributed by atoms with E-state index in [2.05, 4.69) is 5.32 Å². The summed E-state index contributed by atoms with van der Waals surface area (Å²) in [5, 5.41) is 2.80. The van der Waals surface area contributed by atoms with E-state index in [9.17, 15) is 14.4 Å². The van der Waals surface area contributed by atoms with Gasteiger partial charge in [-0.3, -0.25) is 14.4 Å². The van der Waals surface area contributed by atoms with Crippen molar-refractivity contribution in [3.63, 3.8) is 0 Å². The summed E-state index contributed by atoms with van der Waals surface area (Å²) in [6.45, 7) is 1.46. The molecule has 2 aromatic carbocycles. The summed E-state index contributed by atoms with van der Waals surface area (Å²) in [6.07, 6.45) is 0. The molecule has 0 saturated carbocycles. The van der Waals surface area contributed by atoms with Crippen molar-refractivity contribution in [2.45, 2.75) is 13.0 Å². The summed E-state index contributed by atoms with van der Waals surface area (Å²) in [5.74, 6) is 0.454. The van der Waals surface area contributed by atoms with Crippen molar-refractivity contribution < 1.29 is 14.4 Å². The number of amides is 2. The van der Waals surface area contributed by atoms with Crippen LogP contribution in [0.2, 0.25) is 0 Å². The van der Waals surface area contributed by atoms with E-state index in [4.69, 9.17) is 0 Å². The maximum absolute atomic E-state index is 12.7. The first-order valence-electron chi connectivity index (χ1n) is 7.92. The normalized spacial score (nSPS) is 16.5. The number of nitrogens with zero attached hydrogens (tertiary/aromatic N) is 1. The van der Waals surface area contributed by atoms with Crippen LogP contribution in [0.15, 0.2) is 54.6 Å². The van der Waals surface area contributed by atoms with Gasteiger partial charge in [-0.25, -0.2) is 0 Å². The van der Waals surface area contributed by atoms with Gasteiger partial charge in [0.15, 0.2) is 5.78 Å². The molecule has 0 bridgehead atoms. The second-order valence-corrected chi connectivity index (χ2v) is 6.75. The third-order valence-electron chi connectivity index (χ3n) is 4.03. The number of rotatable bonds is 4. The first-order chi connectivity index (χ1) is 12.1.